The van der Waals surface area contributed by atoms with Crippen molar-refractivity contribution in [2.45, 2.75) is 89.9 Å². The van der Waals surface area contributed by atoms with Crippen molar-refractivity contribution in [3.05, 3.63) is 47.7 Å². The van der Waals surface area contributed by atoms with E-state index in [2.05, 4.69) is 57.4 Å². The lowest BCUT2D eigenvalue weighted by molar-refractivity contribution is -0.151. The van der Waals surface area contributed by atoms with E-state index in [1.54, 1.807) is 17.0 Å². The second-order valence-electron chi connectivity index (χ2n) is 11.9. The van der Waals surface area contributed by atoms with Crippen LogP contribution in [0.4, 0.5) is 0 Å². The fourth-order valence-electron chi connectivity index (χ4n) is 5.72. The van der Waals surface area contributed by atoms with Gasteiger partial charge in [0, 0.05) is 29.7 Å². The van der Waals surface area contributed by atoms with E-state index in [1.807, 2.05) is 12.1 Å². The number of benzene rings is 1. The molecule has 8 nitrogen and oxygen atoms in total. The summed E-state index contributed by atoms with van der Waals surface area (Å²) in [5, 5.41) is 6.43. The van der Waals surface area contributed by atoms with Gasteiger partial charge < -0.3 is 24.7 Å². The Kier molecular flexibility index (Phi) is 8.31. The number of nitrogens with zero attached hydrogens (tertiary/aromatic N) is 1. The number of furan rings is 1. The highest BCUT2D eigenvalue weighted by Crippen LogP contribution is 2.33. The molecule has 2 heterocycles. The summed E-state index contributed by atoms with van der Waals surface area (Å²) < 4.78 is 10.9. The van der Waals surface area contributed by atoms with E-state index < -0.39 is 17.9 Å². The number of carbonyl (C=O) groups excluding carboxylic acids is 3. The predicted octanol–water partition coefficient (Wildman–Crippen LogP) is 4.50. The highest BCUT2D eigenvalue weighted by atomic mass is 16.5. The monoisotopic (exact) mass is 523 g/mol. The number of ether oxygens (including phenoxy) is 1. The number of likely N-dealkylation sites (tertiary alicyclic amines) is 1. The summed E-state index contributed by atoms with van der Waals surface area (Å²) in [5.74, 6) is -0.0642. The van der Waals surface area contributed by atoms with Crippen molar-refractivity contribution in [1.82, 2.24) is 15.5 Å². The van der Waals surface area contributed by atoms with Gasteiger partial charge in [-0.3, -0.25) is 14.4 Å². The zero-order valence-electron chi connectivity index (χ0n) is 23.4. The van der Waals surface area contributed by atoms with Crippen LogP contribution in [0.15, 0.2) is 40.8 Å². The molecule has 0 unspecified atom stereocenters. The van der Waals surface area contributed by atoms with Crippen LogP contribution in [0.1, 0.15) is 82.3 Å². The second-order valence-corrected chi connectivity index (χ2v) is 11.9. The van der Waals surface area contributed by atoms with Gasteiger partial charge in [-0.2, -0.15) is 0 Å². The third-order valence-corrected chi connectivity index (χ3v) is 7.59. The predicted molar refractivity (Wildman–Crippen MR) is 146 cm³/mol. The molecule has 2 N–H and O–H groups in total. The zero-order chi connectivity index (χ0) is 27.6. The molecule has 206 valence electrons. The molecule has 4 rings (SSSR count). The van der Waals surface area contributed by atoms with Crippen LogP contribution in [0, 0.1) is 5.92 Å². The lowest BCUT2D eigenvalue weighted by Crippen LogP contribution is -2.55. The Morgan fingerprint density at radius 3 is 2.39 bits per heavy atom. The second kappa shape index (κ2) is 11.3. The van der Waals surface area contributed by atoms with Crippen LogP contribution < -0.4 is 10.6 Å². The van der Waals surface area contributed by atoms with Gasteiger partial charge in [0.2, 0.25) is 5.91 Å². The third-order valence-electron chi connectivity index (χ3n) is 7.59. The van der Waals surface area contributed by atoms with Crippen LogP contribution in [-0.4, -0.2) is 60.0 Å². The van der Waals surface area contributed by atoms with E-state index in [0.717, 1.165) is 12.0 Å². The fraction of sp³-hybridized carbons (Fsp3) is 0.567. The van der Waals surface area contributed by atoms with Gasteiger partial charge in [-0.25, -0.2) is 0 Å². The molecule has 2 fully saturated rings. The number of methoxy groups -OCH3 is 1. The van der Waals surface area contributed by atoms with Gasteiger partial charge >= 0.3 is 5.97 Å². The van der Waals surface area contributed by atoms with E-state index in [-0.39, 0.29) is 35.3 Å². The first-order valence-corrected chi connectivity index (χ1v) is 13.6. The third kappa shape index (κ3) is 6.29. The Morgan fingerprint density at radius 1 is 1.05 bits per heavy atom. The van der Waals surface area contributed by atoms with Crippen molar-refractivity contribution in [3.63, 3.8) is 0 Å². The number of hydrogen-bond acceptors (Lipinski definition) is 6. The zero-order valence-corrected chi connectivity index (χ0v) is 23.4. The molecule has 2 amide bonds. The minimum absolute atomic E-state index is 0.0692. The van der Waals surface area contributed by atoms with Crippen molar-refractivity contribution in [1.29, 1.82) is 0 Å². The maximum atomic E-state index is 13.4. The molecule has 0 spiro atoms. The highest BCUT2D eigenvalue weighted by molar-refractivity contribution is 5.96. The van der Waals surface area contributed by atoms with Crippen molar-refractivity contribution in [2.75, 3.05) is 13.7 Å². The lowest BCUT2D eigenvalue weighted by atomic mass is 9.80. The molecule has 38 heavy (non-hydrogen) atoms. The molecule has 1 aliphatic heterocycles. The molecule has 1 aliphatic carbocycles. The van der Waals surface area contributed by atoms with E-state index in [4.69, 9.17) is 9.15 Å². The van der Waals surface area contributed by atoms with Crippen LogP contribution >= 0.6 is 0 Å². The minimum Gasteiger partial charge on any atom is -0.469 e. The Labute approximate surface area is 225 Å². The summed E-state index contributed by atoms with van der Waals surface area (Å²) in [6.45, 7) is 11.1. The molecule has 1 aromatic carbocycles. The van der Waals surface area contributed by atoms with Gasteiger partial charge in [0.1, 0.15) is 11.8 Å². The SMILES string of the molecule is COC(=O)[C@@H]1C[C@H](NC(C)(C)C)CC[C@@H]1N1CC[C@H](NC(=O)c2ccc(-c3ccc(C(C)C)cc3)o2)C1=O. The topological polar surface area (TPSA) is 101 Å². The van der Waals surface area contributed by atoms with Gasteiger partial charge in [-0.15, -0.1) is 0 Å². The van der Waals surface area contributed by atoms with E-state index >= 15 is 0 Å². The molecule has 8 heteroatoms. The molecule has 1 aromatic heterocycles. The van der Waals surface area contributed by atoms with Crippen LogP contribution in [0.2, 0.25) is 0 Å². The molecule has 0 radical (unpaired) electrons. The van der Waals surface area contributed by atoms with Gasteiger partial charge in [-0.1, -0.05) is 38.1 Å². The normalized spacial score (nSPS) is 24.1. The quantitative estimate of drug-likeness (QED) is 0.519. The summed E-state index contributed by atoms with van der Waals surface area (Å²) in [4.78, 5) is 40.8. The molecular formula is C30H41N3O5. The van der Waals surface area contributed by atoms with Crippen molar-refractivity contribution in [3.8, 4) is 11.3 Å². The Morgan fingerprint density at radius 2 is 1.76 bits per heavy atom. The first-order valence-electron chi connectivity index (χ1n) is 13.6. The number of amides is 2. The molecule has 2 aromatic rings. The smallest absolute Gasteiger partial charge is 0.310 e. The van der Waals surface area contributed by atoms with E-state index in [1.165, 1.54) is 12.7 Å². The number of hydrogen-bond donors (Lipinski definition) is 2. The van der Waals surface area contributed by atoms with Crippen LogP contribution in [0.3, 0.4) is 0 Å². The number of esters is 1. The van der Waals surface area contributed by atoms with Gasteiger partial charge in [0.25, 0.3) is 5.91 Å². The van der Waals surface area contributed by atoms with Gasteiger partial charge in [0.05, 0.1) is 13.0 Å². The summed E-state index contributed by atoms with van der Waals surface area (Å²) in [5.41, 5.74) is 2.05. The number of nitrogens with one attached hydrogen (secondary N) is 2. The molecule has 0 bridgehead atoms. The molecular weight excluding hydrogens is 482 g/mol. The maximum Gasteiger partial charge on any atom is 0.310 e. The van der Waals surface area contributed by atoms with Gasteiger partial charge in [-0.05, 0) is 70.1 Å². The van der Waals surface area contributed by atoms with Crippen molar-refractivity contribution in [2.24, 2.45) is 5.92 Å². The number of rotatable bonds is 7. The summed E-state index contributed by atoms with van der Waals surface area (Å²) in [7, 11) is 1.39. The molecule has 4 atom stereocenters. The fourth-order valence-corrected chi connectivity index (χ4v) is 5.72. The van der Waals surface area contributed by atoms with E-state index in [9.17, 15) is 14.4 Å². The van der Waals surface area contributed by atoms with Crippen LogP contribution in [0.5, 0.6) is 0 Å². The summed E-state index contributed by atoms with van der Waals surface area (Å²) >= 11 is 0. The van der Waals surface area contributed by atoms with Crippen molar-refractivity contribution >= 4 is 17.8 Å². The highest BCUT2D eigenvalue weighted by Gasteiger charge is 2.45. The van der Waals surface area contributed by atoms with Crippen LogP contribution in [-0.2, 0) is 14.3 Å². The number of carbonyl (C=O) groups is 3. The average molecular weight is 524 g/mol. The summed E-state index contributed by atoms with van der Waals surface area (Å²) in [6.07, 6.45) is 2.67. The molecule has 1 saturated carbocycles. The van der Waals surface area contributed by atoms with Crippen molar-refractivity contribution < 1.29 is 23.5 Å². The maximum absolute atomic E-state index is 13.4. The first-order chi connectivity index (χ1) is 18.0. The average Bonchev–Trinajstić information content (AvgIpc) is 3.50. The Hall–Kier alpha value is -3.13. The van der Waals surface area contributed by atoms with Crippen LogP contribution in [0.25, 0.3) is 11.3 Å². The first kappa shape index (κ1) is 27.9. The lowest BCUT2D eigenvalue weighted by Gasteiger charge is -2.41. The minimum atomic E-state index is -0.648. The molecule has 1 saturated heterocycles. The Balaban J connectivity index is 1.40. The largest absolute Gasteiger partial charge is 0.469 e. The van der Waals surface area contributed by atoms with E-state index in [0.29, 0.717) is 37.5 Å². The standard InChI is InChI=1S/C30H41N3O5/c1-18(2)19-7-9-20(10-8-19)25-13-14-26(38-25)27(34)31-23-15-16-33(28(23)35)24-12-11-21(32-30(3,4)5)17-22(24)29(36)37-6/h7-10,13-14,18,21-24,32H,11-12,15-17H2,1-6H3,(H,31,34)/t21-,22-,23+,24+/m1/s1. The Bertz CT molecular complexity index is 1150. The van der Waals surface area contributed by atoms with Gasteiger partial charge in [0.15, 0.2) is 5.76 Å². The summed E-state index contributed by atoms with van der Waals surface area (Å²) in [6, 6.07) is 10.8. The molecule has 2 aliphatic rings.